The van der Waals surface area contributed by atoms with Crippen molar-refractivity contribution < 1.29 is 14.6 Å². The van der Waals surface area contributed by atoms with E-state index in [1.54, 1.807) is 13.2 Å². The Morgan fingerprint density at radius 2 is 2.22 bits per heavy atom. The van der Waals surface area contributed by atoms with E-state index in [0.717, 1.165) is 30.6 Å². The molecule has 1 saturated heterocycles. The number of phenolic OH excluding ortho intramolecular Hbond substituents is 1. The van der Waals surface area contributed by atoms with Gasteiger partial charge < -0.3 is 9.84 Å². The molecular formula is C14H17NO3. The number of hydrogen-bond donors (Lipinski definition) is 1. The molecule has 3 rings (SSSR count). The number of aromatic hydroxyl groups is 1. The molecule has 1 fully saturated rings. The molecule has 0 unspecified atom stereocenters. The number of carbonyl (C=O) groups excluding carboxylic acids is 1. The summed E-state index contributed by atoms with van der Waals surface area (Å²) < 4.78 is 5.14. The number of piperidine rings is 1. The van der Waals surface area contributed by atoms with Gasteiger partial charge in [0.15, 0.2) is 11.5 Å². The van der Waals surface area contributed by atoms with Gasteiger partial charge >= 0.3 is 0 Å². The summed E-state index contributed by atoms with van der Waals surface area (Å²) in [4.78, 5) is 13.8. The smallest absolute Gasteiger partial charge is 0.162 e. The minimum atomic E-state index is 0.255. The molecule has 4 nitrogen and oxygen atoms in total. The minimum absolute atomic E-state index is 0.255. The van der Waals surface area contributed by atoms with Gasteiger partial charge in [-0.15, -0.1) is 0 Å². The summed E-state index contributed by atoms with van der Waals surface area (Å²) in [7, 11) is 1.56. The predicted molar refractivity (Wildman–Crippen MR) is 66.8 cm³/mol. The van der Waals surface area contributed by atoms with E-state index < -0.39 is 0 Å². The summed E-state index contributed by atoms with van der Waals surface area (Å²) in [6.45, 7) is 1.52. The number of hydrogen-bond acceptors (Lipinski definition) is 4. The number of Topliss-reactive ketones (excluding diaryl/α,β-unsaturated/α-hetero) is 1. The van der Waals surface area contributed by atoms with Gasteiger partial charge in [0.1, 0.15) is 5.78 Å². The number of rotatable bonds is 1. The van der Waals surface area contributed by atoms with Crippen molar-refractivity contribution in [1.29, 1.82) is 0 Å². The third-order valence-electron chi connectivity index (χ3n) is 4.04. The molecule has 18 heavy (non-hydrogen) atoms. The molecule has 2 aliphatic rings. The number of fused-ring (bicyclic) bond motifs is 2. The lowest BCUT2D eigenvalue weighted by atomic mass is 9.87. The Balaban J connectivity index is 1.95. The largest absolute Gasteiger partial charge is 0.504 e. The molecule has 1 atom stereocenters. The Hall–Kier alpha value is -1.55. The number of ether oxygens (including phenoxy) is 1. The standard InChI is InChI=1S/C14H17NO3/c1-18-13-3-2-9-6-10-7-11(16)4-5-15(10)8-12(9)14(13)17/h2-3,10,17H,4-8H2,1H3/t10-/m0/s1. The highest BCUT2D eigenvalue weighted by Crippen LogP contribution is 2.38. The molecule has 1 aromatic rings. The number of benzene rings is 1. The summed E-state index contributed by atoms with van der Waals surface area (Å²) in [5.74, 6) is 1.14. The molecule has 2 heterocycles. The Bertz CT molecular complexity index is 498. The van der Waals surface area contributed by atoms with E-state index in [-0.39, 0.29) is 5.75 Å². The van der Waals surface area contributed by atoms with Crippen LogP contribution in [0.15, 0.2) is 12.1 Å². The Labute approximate surface area is 106 Å². The molecule has 4 heteroatoms. The maximum atomic E-state index is 11.5. The van der Waals surface area contributed by atoms with Crippen LogP contribution < -0.4 is 4.74 Å². The average molecular weight is 247 g/mol. The second-order valence-corrected chi connectivity index (χ2v) is 5.08. The van der Waals surface area contributed by atoms with E-state index in [1.165, 1.54) is 0 Å². The van der Waals surface area contributed by atoms with Gasteiger partial charge in [-0.05, 0) is 18.1 Å². The fourth-order valence-corrected chi connectivity index (χ4v) is 3.00. The van der Waals surface area contributed by atoms with Gasteiger partial charge in [-0.2, -0.15) is 0 Å². The van der Waals surface area contributed by atoms with Crippen LogP contribution in [0.1, 0.15) is 24.0 Å². The number of ketones is 1. The topological polar surface area (TPSA) is 49.8 Å². The van der Waals surface area contributed by atoms with Crippen LogP contribution in [0.3, 0.4) is 0 Å². The van der Waals surface area contributed by atoms with E-state index in [9.17, 15) is 9.90 Å². The lowest BCUT2D eigenvalue weighted by molar-refractivity contribution is -0.123. The molecule has 2 aliphatic heterocycles. The van der Waals surface area contributed by atoms with Crippen molar-refractivity contribution in [3.8, 4) is 11.5 Å². The molecule has 0 saturated carbocycles. The molecular weight excluding hydrogens is 230 g/mol. The van der Waals surface area contributed by atoms with Crippen molar-refractivity contribution in [2.75, 3.05) is 13.7 Å². The zero-order valence-electron chi connectivity index (χ0n) is 10.5. The molecule has 0 amide bonds. The van der Waals surface area contributed by atoms with Crippen molar-refractivity contribution >= 4 is 5.78 Å². The SMILES string of the molecule is COc1ccc2c(c1O)CN1CCC(=O)C[C@@H]1C2. The normalized spacial score (nSPS) is 23.4. The molecule has 1 aromatic carbocycles. The lowest BCUT2D eigenvalue weighted by Crippen LogP contribution is -2.46. The number of carbonyl (C=O) groups is 1. The molecule has 1 N–H and O–H groups in total. The second-order valence-electron chi connectivity index (χ2n) is 5.08. The molecule has 0 aromatic heterocycles. The van der Waals surface area contributed by atoms with Crippen LogP contribution in [-0.2, 0) is 17.8 Å². The molecule has 0 bridgehead atoms. The highest BCUT2D eigenvalue weighted by molar-refractivity contribution is 5.80. The maximum Gasteiger partial charge on any atom is 0.162 e. The predicted octanol–water partition coefficient (Wildman–Crippen LogP) is 1.49. The second kappa shape index (κ2) is 4.28. The van der Waals surface area contributed by atoms with E-state index in [4.69, 9.17) is 4.74 Å². The first-order valence-electron chi connectivity index (χ1n) is 6.32. The van der Waals surface area contributed by atoms with Gasteiger partial charge in [0, 0.05) is 37.5 Å². The van der Waals surface area contributed by atoms with Crippen molar-refractivity contribution in [3.63, 3.8) is 0 Å². The first-order chi connectivity index (χ1) is 8.69. The average Bonchev–Trinajstić information content (AvgIpc) is 2.37. The number of nitrogens with zero attached hydrogens (tertiary/aromatic N) is 1. The quantitative estimate of drug-likeness (QED) is 0.817. The first kappa shape index (κ1) is 11.5. The van der Waals surface area contributed by atoms with Gasteiger partial charge in [0.2, 0.25) is 0 Å². The van der Waals surface area contributed by atoms with Crippen LogP contribution >= 0.6 is 0 Å². The van der Waals surface area contributed by atoms with Crippen molar-refractivity contribution in [2.24, 2.45) is 0 Å². The van der Waals surface area contributed by atoms with Crippen LogP contribution in [0.25, 0.3) is 0 Å². The lowest BCUT2D eigenvalue weighted by Gasteiger charge is -2.39. The summed E-state index contributed by atoms with van der Waals surface area (Å²) in [6, 6.07) is 4.12. The van der Waals surface area contributed by atoms with Crippen molar-refractivity contribution in [1.82, 2.24) is 4.90 Å². The monoisotopic (exact) mass is 247 g/mol. The number of phenols is 1. The highest BCUT2D eigenvalue weighted by atomic mass is 16.5. The van der Waals surface area contributed by atoms with E-state index in [1.807, 2.05) is 6.07 Å². The van der Waals surface area contributed by atoms with Crippen molar-refractivity contribution in [2.45, 2.75) is 31.8 Å². The van der Waals surface area contributed by atoms with Crippen LogP contribution in [0, 0.1) is 0 Å². The fourth-order valence-electron chi connectivity index (χ4n) is 3.00. The highest BCUT2D eigenvalue weighted by Gasteiger charge is 2.33. The summed E-state index contributed by atoms with van der Waals surface area (Å²) >= 11 is 0. The summed E-state index contributed by atoms with van der Waals surface area (Å²) in [5.41, 5.74) is 2.10. The molecule has 96 valence electrons. The summed E-state index contributed by atoms with van der Waals surface area (Å²) in [6.07, 6.45) is 2.13. The third kappa shape index (κ3) is 1.77. The minimum Gasteiger partial charge on any atom is -0.504 e. The van der Waals surface area contributed by atoms with Gasteiger partial charge in [-0.3, -0.25) is 9.69 Å². The van der Waals surface area contributed by atoms with E-state index in [0.29, 0.717) is 30.4 Å². The molecule has 0 spiro atoms. The van der Waals surface area contributed by atoms with E-state index in [2.05, 4.69) is 4.90 Å². The van der Waals surface area contributed by atoms with Crippen LogP contribution in [0.2, 0.25) is 0 Å². The zero-order valence-corrected chi connectivity index (χ0v) is 10.5. The van der Waals surface area contributed by atoms with Crippen LogP contribution in [0.4, 0.5) is 0 Å². The summed E-state index contributed by atoms with van der Waals surface area (Å²) in [5, 5.41) is 10.2. The first-order valence-corrected chi connectivity index (χ1v) is 6.32. The number of methoxy groups -OCH3 is 1. The Morgan fingerprint density at radius 1 is 1.39 bits per heavy atom. The van der Waals surface area contributed by atoms with Gasteiger partial charge in [0.05, 0.1) is 7.11 Å². The van der Waals surface area contributed by atoms with Crippen molar-refractivity contribution in [3.05, 3.63) is 23.3 Å². The maximum absolute atomic E-state index is 11.5. The molecule has 0 aliphatic carbocycles. The van der Waals surface area contributed by atoms with Gasteiger partial charge in [0.25, 0.3) is 0 Å². The van der Waals surface area contributed by atoms with E-state index >= 15 is 0 Å². The van der Waals surface area contributed by atoms with Crippen LogP contribution in [-0.4, -0.2) is 35.5 Å². The Morgan fingerprint density at radius 3 is 3.00 bits per heavy atom. The fraction of sp³-hybridized carbons (Fsp3) is 0.500. The Kier molecular flexibility index (Phi) is 2.74. The van der Waals surface area contributed by atoms with Crippen LogP contribution in [0.5, 0.6) is 11.5 Å². The zero-order chi connectivity index (χ0) is 12.7. The molecule has 0 radical (unpaired) electrons. The van der Waals surface area contributed by atoms with Gasteiger partial charge in [-0.1, -0.05) is 6.07 Å². The van der Waals surface area contributed by atoms with Gasteiger partial charge in [-0.25, -0.2) is 0 Å². The third-order valence-corrected chi connectivity index (χ3v) is 4.04.